The lowest BCUT2D eigenvalue weighted by Gasteiger charge is -2.30. The number of rotatable bonds is 14. The van der Waals surface area contributed by atoms with Crippen molar-refractivity contribution >= 4 is 28.6 Å². The third-order valence-electron chi connectivity index (χ3n) is 9.39. The summed E-state index contributed by atoms with van der Waals surface area (Å²) in [6, 6.07) is 36.7. The maximum absolute atomic E-state index is 14.2. The zero-order valence-electron chi connectivity index (χ0n) is 27.8. The number of aromatic nitrogens is 1. The highest BCUT2D eigenvalue weighted by Gasteiger charge is 2.33. The molecular formula is C41H43N3O5. The number of alkyl carbamates (subject to hydrolysis) is 1. The van der Waals surface area contributed by atoms with Crippen molar-refractivity contribution in [2.45, 2.75) is 56.2 Å². The second kappa shape index (κ2) is 16.4. The summed E-state index contributed by atoms with van der Waals surface area (Å²) in [5.74, 6) is -0.390. The minimum Gasteiger partial charge on any atom is -0.453 e. The van der Waals surface area contributed by atoms with Gasteiger partial charge >= 0.3 is 6.09 Å². The van der Waals surface area contributed by atoms with E-state index >= 15 is 0 Å². The number of Topliss-reactive ketones (excluding diaryl/α,β-unsaturated/α-hetero) is 2. The predicted octanol–water partition coefficient (Wildman–Crippen LogP) is 6.79. The quantitative estimate of drug-likeness (QED) is 0.114. The van der Waals surface area contributed by atoms with Gasteiger partial charge < -0.3 is 25.1 Å². The first kappa shape index (κ1) is 33.8. The Hall–Kier alpha value is -5.05. The Balaban J connectivity index is 1.06. The van der Waals surface area contributed by atoms with Crippen LogP contribution in [-0.2, 0) is 27.1 Å². The summed E-state index contributed by atoms with van der Waals surface area (Å²) >= 11 is 0. The average Bonchev–Trinajstić information content (AvgIpc) is 3.59. The van der Waals surface area contributed by atoms with E-state index in [0.29, 0.717) is 31.7 Å². The van der Waals surface area contributed by atoms with Crippen molar-refractivity contribution in [3.05, 3.63) is 143 Å². The van der Waals surface area contributed by atoms with Gasteiger partial charge in [0, 0.05) is 42.2 Å². The number of methoxy groups -OCH3 is 1. The molecule has 0 saturated carbocycles. The van der Waals surface area contributed by atoms with Gasteiger partial charge in [-0.05, 0) is 53.6 Å². The van der Waals surface area contributed by atoms with Gasteiger partial charge in [-0.3, -0.25) is 9.59 Å². The van der Waals surface area contributed by atoms with Gasteiger partial charge in [0.2, 0.25) is 0 Å². The number of para-hydroxylation sites is 1. The summed E-state index contributed by atoms with van der Waals surface area (Å²) in [6.07, 6.45) is 2.23. The van der Waals surface area contributed by atoms with Gasteiger partial charge in [0.05, 0.1) is 25.5 Å². The number of aryl methyl sites for hydroxylation is 1. The van der Waals surface area contributed by atoms with E-state index in [1.54, 1.807) is 0 Å². The second-order valence-corrected chi connectivity index (χ2v) is 12.7. The van der Waals surface area contributed by atoms with Crippen molar-refractivity contribution in [1.82, 2.24) is 15.6 Å². The fourth-order valence-corrected chi connectivity index (χ4v) is 6.72. The standard InChI is InChI=1S/C41H43N3O5/c1-48-41(47)44-40(39(29-13-4-2-5-14-29)30-15-6-3-7-16-30)38(46)25-31-17-9-8-12-28(31)20-22-34-26-42-33(27-49-34)21-23-37(45)36-24-32-18-10-11-19-35(32)43-36/h2-19,24,33-34,39-40,42-43H,20-23,25-27H2,1H3,(H,44,47)/t33-,34-,40-/m1/s1. The summed E-state index contributed by atoms with van der Waals surface area (Å²) in [7, 11) is 1.31. The van der Waals surface area contributed by atoms with Crippen LogP contribution in [0.3, 0.4) is 0 Å². The molecule has 252 valence electrons. The first-order chi connectivity index (χ1) is 24.0. The molecule has 0 bridgehead atoms. The molecule has 1 amide bonds. The number of hydrogen-bond donors (Lipinski definition) is 3. The molecule has 0 aliphatic carbocycles. The van der Waals surface area contributed by atoms with Crippen molar-refractivity contribution in [3.8, 4) is 0 Å². The Morgan fingerprint density at radius 3 is 2.14 bits per heavy atom. The van der Waals surface area contributed by atoms with Gasteiger partial charge in [-0.25, -0.2) is 4.79 Å². The fourth-order valence-electron chi connectivity index (χ4n) is 6.72. The monoisotopic (exact) mass is 657 g/mol. The molecule has 1 fully saturated rings. The van der Waals surface area contributed by atoms with E-state index < -0.39 is 18.1 Å². The van der Waals surface area contributed by atoms with E-state index in [2.05, 4.69) is 21.7 Å². The van der Waals surface area contributed by atoms with E-state index in [1.165, 1.54) is 7.11 Å². The Morgan fingerprint density at radius 2 is 1.49 bits per heavy atom. The number of hydrogen-bond acceptors (Lipinski definition) is 6. The van der Waals surface area contributed by atoms with Crippen LogP contribution in [-0.4, -0.2) is 61.1 Å². The molecule has 4 aromatic carbocycles. The van der Waals surface area contributed by atoms with Crippen molar-refractivity contribution in [3.63, 3.8) is 0 Å². The van der Waals surface area contributed by atoms with Gasteiger partial charge in [0.15, 0.2) is 11.6 Å². The number of H-pyrrole nitrogens is 1. The summed E-state index contributed by atoms with van der Waals surface area (Å²) in [6.45, 7) is 1.25. The fraction of sp³-hybridized carbons (Fsp3) is 0.293. The van der Waals surface area contributed by atoms with Crippen molar-refractivity contribution < 1.29 is 23.9 Å². The minimum atomic E-state index is -0.837. The molecule has 5 aromatic rings. The van der Waals surface area contributed by atoms with Crippen LogP contribution in [0.25, 0.3) is 10.9 Å². The number of aromatic amines is 1. The summed E-state index contributed by atoms with van der Waals surface area (Å²) < 4.78 is 11.2. The second-order valence-electron chi connectivity index (χ2n) is 12.7. The third-order valence-corrected chi connectivity index (χ3v) is 9.39. The van der Waals surface area contributed by atoms with Crippen LogP contribution in [0.4, 0.5) is 4.79 Å². The van der Waals surface area contributed by atoms with Crippen LogP contribution in [0, 0.1) is 0 Å². The average molecular weight is 658 g/mol. The molecule has 1 saturated heterocycles. The maximum atomic E-state index is 14.2. The van der Waals surface area contributed by atoms with E-state index in [9.17, 15) is 14.4 Å². The summed E-state index contributed by atoms with van der Waals surface area (Å²) in [5, 5.41) is 7.48. The minimum absolute atomic E-state index is 0.0266. The highest BCUT2D eigenvalue weighted by atomic mass is 16.5. The smallest absolute Gasteiger partial charge is 0.407 e. The van der Waals surface area contributed by atoms with Crippen LogP contribution in [0.15, 0.2) is 115 Å². The molecule has 8 heteroatoms. The van der Waals surface area contributed by atoms with Crippen molar-refractivity contribution in [2.75, 3.05) is 20.3 Å². The zero-order chi connectivity index (χ0) is 34.0. The Kier molecular flexibility index (Phi) is 11.3. The number of amides is 1. The molecule has 0 spiro atoms. The molecule has 8 nitrogen and oxygen atoms in total. The van der Waals surface area contributed by atoms with Gasteiger partial charge in [-0.1, -0.05) is 103 Å². The lowest BCUT2D eigenvalue weighted by Crippen LogP contribution is -2.46. The first-order valence-corrected chi connectivity index (χ1v) is 17.0. The van der Waals surface area contributed by atoms with Crippen molar-refractivity contribution in [2.24, 2.45) is 0 Å². The van der Waals surface area contributed by atoms with Crippen LogP contribution < -0.4 is 10.6 Å². The molecule has 49 heavy (non-hydrogen) atoms. The molecular weight excluding hydrogens is 614 g/mol. The molecule has 3 N–H and O–H groups in total. The molecule has 1 aliphatic rings. The number of morpholine rings is 1. The molecule has 2 heterocycles. The van der Waals surface area contributed by atoms with E-state index in [-0.39, 0.29) is 30.1 Å². The van der Waals surface area contributed by atoms with Crippen LogP contribution in [0.2, 0.25) is 0 Å². The number of benzene rings is 4. The summed E-state index contributed by atoms with van der Waals surface area (Å²) in [4.78, 5) is 42.8. The number of ether oxygens (including phenoxy) is 2. The maximum Gasteiger partial charge on any atom is 0.407 e. The Labute approximate surface area is 287 Å². The molecule has 3 atom stereocenters. The highest BCUT2D eigenvalue weighted by molar-refractivity contribution is 5.99. The normalized spacial score (nSPS) is 16.7. The van der Waals surface area contributed by atoms with E-state index in [4.69, 9.17) is 9.47 Å². The lowest BCUT2D eigenvalue weighted by molar-refractivity contribution is -0.120. The highest BCUT2D eigenvalue weighted by Crippen LogP contribution is 2.30. The first-order valence-electron chi connectivity index (χ1n) is 17.0. The van der Waals surface area contributed by atoms with Gasteiger partial charge in [-0.2, -0.15) is 0 Å². The van der Waals surface area contributed by atoms with Crippen LogP contribution in [0.5, 0.6) is 0 Å². The van der Waals surface area contributed by atoms with Gasteiger partial charge in [0.25, 0.3) is 0 Å². The third kappa shape index (κ3) is 8.71. The largest absolute Gasteiger partial charge is 0.453 e. The lowest BCUT2D eigenvalue weighted by atomic mass is 9.81. The molecule has 1 aromatic heterocycles. The number of carbonyl (C=O) groups excluding carboxylic acids is 3. The van der Waals surface area contributed by atoms with E-state index in [1.807, 2.05) is 109 Å². The summed E-state index contributed by atoms with van der Waals surface area (Å²) in [5.41, 5.74) is 5.49. The Morgan fingerprint density at radius 1 is 0.837 bits per heavy atom. The van der Waals surface area contributed by atoms with E-state index in [0.717, 1.165) is 46.0 Å². The number of fused-ring (bicyclic) bond motifs is 1. The zero-order valence-corrected chi connectivity index (χ0v) is 27.8. The molecule has 0 unspecified atom stereocenters. The molecule has 6 rings (SSSR count). The SMILES string of the molecule is COC(=O)N[C@H](C(=O)Cc1ccccc1CC[C@@H]1CN[C@H](CCC(=O)c2cc3ccccc3[nH]2)CO1)C(c1ccccc1)c1ccccc1. The topological polar surface area (TPSA) is 110 Å². The van der Waals surface area contributed by atoms with Gasteiger partial charge in [0.1, 0.15) is 6.04 Å². The van der Waals surface area contributed by atoms with Crippen molar-refractivity contribution in [1.29, 1.82) is 0 Å². The molecule has 1 aliphatic heterocycles. The Bertz CT molecular complexity index is 1770. The predicted molar refractivity (Wildman–Crippen MR) is 191 cm³/mol. The number of ketones is 2. The van der Waals surface area contributed by atoms with Crippen LogP contribution >= 0.6 is 0 Å². The van der Waals surface area contributed by atoms with Crippen LogP contribution in [0.1, 0.15) is 57.9 Å². The number of carbonyl (C=O) groups is 3. The molecule has 0 radical (unpaired) electrons. The number of nitrogens with one attached hydrogen (secondary N) is 3. The van der Waals surface area contributed by atoms with Gasteiger partial charge in [-0.15, -0.1) is 0 Å².